The molecule has 2 saturated carbocycles. The Labute approximate surface area is 104 Å². The highest BCUT2D eigenvalue weighted by Gasteiger charge is 2.39. The number of hydrogen-bond acceptors (Lipinski definition) is 3. The van der Waals surface area contributed by atoms with E-state index in [9.17, 15) is 13.2 Å². The molecule has 98 valence electrons. The highest BCUT2D eigenvalue weighted by atomic mass is 32.2. The van der Waals surface area contributed by atoms with Crippen LogP contribution in [0.1, 0.15) is 45.4 Å². The van der Waals surface area contributed by atoms with Crippen molar-refractivity contribution in [3.63, 3.8) is 0 Å². The largest absolute Gasteiger partial charge is 0.299 e. The second kappa shape index (κ2) is 4.71. The van der Waals surface area contributed by atoms with Crippen LogP contribution in [0.3, 0.4) is 0 Å². The summed E-state index contributed by atoms with van der Waals surface area (Å²) in [6.45, 7) is 2.02. The van der Waals surface area contributed by atoms with Crippen LogP contribution in [0.4, 0.5) is 0 Å². The van der Waals surface area contributed by atoms with E-state index in [1.807, 2.05) is 6.92 Å². The minimum absolute atomic E-state index is 0.000856. The topological polar surface area (TPSA) is 51.2 Å². The summed E-state index contributed by atoms with van der Waals surface area (Å²) >= 11 is 0. The zero-order valence-electron chi connectivity index (χ0n) is 10.7. The first kappa shape index (κ1) is 13.1. The lowest BCUT2D eigenvalue weighted by atomic mass is 9.80. The fraction of sp³-hybridized carbons (Fsp3) is 0.923. The first-order valence-corrected chi connectivity index (χ1v) is 8.57. The van der Waals surface area contributed by atoms with Gasteiger partial charge in [-0.05, 0) is 38.0 Å². The van der Waals surface area contributed by atoms with E-state index in [0.29, 0.717) is 18.1 Å². The predicted octanol–water partition coefficient (Wildman–Crippen LogP) is 2.21. The number of carbonyl (C=O) groups excluding carboxylic acids is 1. The zero-order valence-corrected chi connectivity index (χ0v) is 11.5. The van der Waals surface area contributed by atoms with Crippen LogP contribution in [-0.4, -0.2) is 25.7 Å². The van der Waals surface area contributed by atoms with Crippen molar-refractivity contribution in [1.29, 1.82) is 0 Å². The van der Waals surface area contributed by atoms with Crippen LogP contribution in [0.5, 0.6) is 0 Å². The lowest BCUT2D eigenvalue weighted by Gasteiger charge is -2.28. The standard InChI is InChI=1S/C13H22O3S/c1-9(10-6-7-10)13(14)11-4-3-5-12(8-11)17(2,15)16/h9-12H,3-8H2,1-2H3. The number of hydrogen-bond donors (Lipinski definition) is 0. The SMILES string of the molecule is CC(C(=O)C1CCCC(S(C)(=O)=O)C1)C1CC1. The predicted molar refractivity (Wildman–Crippen MR) is 67.5 cm³/mol. The quantitative estimate of drug-likeness (QED) is 0.777. The van der Waals surface area contributed by atoms with E-state index < -0.39 is 9.84 Å². The molecule has 0 aromatic heterocycles. The molecule has 0 radical (unpaired) electrons. The molecule has 0 heterocycles. The van der Waals surface area contributed by atoms with Gasteiger partial charge < -0.3 is 0 Å². The highest BCUT2D eigenvalue weighted by Crippen LogP contribution is 2.40. The maximum absolute atomic E-state index is 12.3. The molecule has 0 bridgehead atoms. The Balaban J connectivity index is 1.99. The summed E-state index contributed by atoms with van der Waals surface area (Å²) in [5.74, 6) is 1.05. The molecule has 17 heavy (non-hydrogen) atoms. The highest BCUT2D eigenvalue weighted by molar-refractivity contribution is 7.91. The minimum atomic E-state index is -2.97. The van der Waals surface area contributed by atoms with Gasteiger partial charge in [0.05, 0.1) is 5.25 Å². The van der Waals surface area contributed by atoms with Crippen molar-refractivity contribution >= 4 is 15.6 Å². The Morgan fingerprint density at radius 2 is 1.82 bits per heavy atom. The van der Waals surface area contributed by atoms with Gasteiger partial charge in [0, 0.05) is 18.1 Å². The molecule has 0 spiro atoms. The summed E-state index contributed by atoms with van der Waals surface area (Å²) in [4.78, 5) is 12.3. The summed E-state index contributed by atoms with van der Waals surface area (Å²) in [5, 5.41) is -0.281. The van der Waals surface area contributed by atoms with E-state index in [1.165, 1.54) is 19.1 Å². The summed E-state index contributed by atoms with van der Waals surface area (Å²) in [6, 6.07) is 0. The monoisotopic (exact) mass is 258 g/mol. The molecule has 3 nitrogen and oxygen atoms in total. The van der Waals surface area contributed by atoms with Gasteiger partial charge in [-0.25, -0.2) is 8.42 Å². The molecule has 3 atom stereocenters. The van der Waals surface area contributed by atoms with E-state index in [4.69, 9.17) is 0 Å². The molecule has 2 aliphatic carbocycles. The normalized spacial score (nSPS) is 32.1. The third kappa shape index (κ3) is 3.09. The third-order valence-electron chi connectivity index (χ3n) is 4.41. The zero-order chi connectivity index (χ0) is 12.6. The van der Waals surface area contributed by atoms with Crippen LogP contribution in [-0.2, 0) is 14.6 Å². The minimum Gasteiger partial charge on any atom is -0.299 e. The summed E-state index contributed by atoms with van der Waals surface area (Å²) < 4.78 is 23.1. The van der Waals surface area contributed by atoms with E-state index in [-0.39, 0.29) is 17.1 Å². The van der Waals surface area contributed by atoms with Crippen molar-refractivity contribution in [2.45, 2.75) is 50.7 Å². The van der Waals surface area contributed by atoms with E-state index in [2.05, 4.69) is 0 Å². The molecular formula is C13H22O3S. The van der Waals surface area contributed by atoms with Crippen LogP contribution in [0.15, 0.2) is 0 Å². The van der Waals surface area contributed by atoms with Gasteiger partial charge >= 0.3 is 0 Å². The number of sulfone groups is 1. The molecule has 0 aromatic carbocycles. The molecule has 0 aromatic rings. The third-order valence-corrected chi connectivity index (χ3v) is 6.05. The fourth-order valence-corrected chi connectivity index (χ4v) is 4.17. The number of ketones is 1. The Bertz CT molecular complexity index is 395. The Morgan fingerprint density at radius 3 is 2.35 bits per heavy atom. The maximum atomic E-state index is 12.3. The summed E-state index contributed by atoms with van der Waals surface area (Å²) in [5.41, 5.74) is 0. The van der Waals surface area contributed by atoms with Crippen molar-refractivity contribution in [2.75, 3.05) is 6.26 Å². The molecule has 2 aliphatic rings. The molecule has 2 rings (SSSR count). The van der Waals surface area contributed by atoms with Crippen LogP contribution < -0.4 is 0 Å². The molecule has 0 amide bonds. The smallest absolute Gasteiger partial charge is 0.150 e. The van der Waals surface area contributed by atoms with E-state index in [0.717, 1.165) is 19.3 Å². The fourth-order valence-electron chi connectivity index (χ4n) is 2.99. The molecule has 0 N–H and O–H groups in total. The lowest BCUT2D eigenvalue weighted by Crippen LogP contribution is -2.33. The summed E-state index contributed by atoms with van der Waals surface area (Å²) in [6.07, 6.45) is 6.72. The first-order valence-electron chi connectivity index (χ1n) is 6.62. The molecule has 0 saturated heterocycles. The van der Waals surface area contributed by atoms with Crippen molar-refractivity contribution in [1.82, 2.24) is 0 Å². The van der Waals surface area contributed by atoms with E-state index >= 15 is 0 Å². The summed E-state index contributed by atoms with van der Waals surface area (Å²) in [7, 11) is -2.97. The van der Waals surface area contributed by atoms with Gasteiger partial charge in [-0.15, -0.1) is 0 Å². The van der Waals surface area contributed by atoms with Crippen molar-refractivity contribution in [2.24, 2.45) is 17.8 Å². The van der Waals surface area contributed by atoms with Gasteiger partial charge in [0.25, 0.3) is 0 Å². The van der Waals surface area contributed by atoms with Gasteiger partial charge in [-0.3, -0.25) is 4.79 Å². The molecule has 3 unspecified atom stereocenters. The van der Waals surface area contributed by atoms with Crippen molar-refractivity contribution in [3.05, 3.63) is 0 Å². The maximum Gasteiger partial charge on any atom is 0.150 e. The second-order valence-electron chi connectivity index (χ2n) is 5.84. The first-order chi connectivity index (χ1) is 7.89. The lowest BCUT2D eigenvalue weighted by molar-refractivity contribution is -0.127. The Hall–Kier alpha value is -0.380. The number of rotatable bonds is 4. The van der Waals surface area contributed by atoms with Gasteiger partial charge in [-0.1, -0.05) is 13.3 Å². The van der Waals surface area contributed by atoms with Crippen LogP contribution >= 0.6 is 0 Å². The Kier molecular flexibility index (Phi) is 3.62. The number of Topliss-reactive ketones (excluding diaryl/α,β-unsaturated/α-hetero) is 1. The molecular weight excluding hydrogens is 236 g/mol. The van der Waals surface area contributed by atoms with Crippen LogP contribution in [0.25, 0.3) is 0 Å². The molecule has 0 aliphatic heterocycles. The molecule has 2 fully saturated rings. The average Bonchev–Trinajstić information content (AvgIpc) is 3.10. The van der Waals surface area contributed by atoms with Gasteiger partial charge in [0.2, 0.25) is 0 Å². The van der Waals surface area contributed by atoms with Crippen LogP contribution in [0.2, 0.25) is 0 Å². The van der Waals surface area contributed by atoms with E-state index in [1.54, 1.807) is 0 Å². The second-order valence-corrected chi connectivity index (χ2v) is 8.17. The average molecular weight is 258 g/mol. The Morgan fingerprint density at radius 1 is 1.18 bits per heavy atom. The molecule has 4 heteroatoms. The number of carbonyl (C=O) groups is 1. The van der Waals surface area contributed by atoms with Crippen LogP contribution in [0, 0.1) is 17.8 Å². The van der Waals surface area contributed by atoms with Gasteiger partial charge in [0.15, 0.2) is 0 Å². The van der Waals surface area contributed by atoms with Crippen molar-refractivity contribution < 1.29 is 13.2 Å². The van der Waals surface area contributed by atoms with Gasteiger partial charge in [0.1, 0.15) is 15.6 Å². The van der Waals surface area contributed by atoms with Gasteiger partial charge in [-0.2, -0.15) is 0 Å². The van der Waals surface area contributed by atoms with Crippen molar-refractivity contribution in [3.8, 4) is 0 Å².